The number of rotatable bonds is 3. The zero-order valence-corrected chi connectivity index (χ0v) is 12.7. The Hall–Kier alpha value is -3.39. The second kappa shape index (κ2) is 7.05. The van der Waals surface area contributed by atoms with Gasteiger partial charge in [-0.1, -0.05) is 36.4 Å². The number of nitriles is 1. The van der Waals surface area contributed by atoms with Crippen molar-refractivity contribution in [3.05, 3.63) is 65.2 Å². The van der Waals surface area contributed by atoms with Gasteiger partial charge < -0.3 is 11.5 Å². The molecule has 0 bridgehead atoms. The van der Waals surface area contributed by atoms with E-state index in [4.69, 9.17) is 16.7 Å². The fraction of sp³-hybridized carbons (Fsp3) is 0.0556. The Balaban J connectivity index is 2.48. The summed E-state index contributed by atoms with van der Waals surface area (Å²) in [7, 11) is 0. The van der Waals surface area contributed by atoms with E-state index in [1.54, 1.807) is 25.1 Å². The Morgan fingerprint density at radius 1 is 1.17 bits per heavy atom. The molecule has 1 amide bonds. The number of carbonyl (C=O) groups is 1. The minimum Gasteiger partial charge on any atom is -0.370 e. The van der Waals surface area contributed by atoms with Crippen molar-refractivity contribution in [3.8, 4) is 17.2 Å². The van der Waals surface area contributed by atoms with E-state index < -0.39 is 5.91 Å². The van der Waals surface area contributed by atoms with Crippen LogP contribution in [-0.2, 0) is 4.79 Å². The van der Waals surface area contributed by atoms with Crippen molar-refractivity contribution in [2.75, 3.05) is 0 Å². The summed E-state index contributed by atoms with van der Waals surface area (Å²) in [4.78, 5) is 15.4. The van der Waals surface area contributed by atoms with Crippen LogP contribution in [0.1, 0.15) is 18.1 Å². The number of guanidine groups is 1. The van der Waals surface area contributed by atoms with Gasteiger partial charge >= 0.3 is 0 Å². The third kappa shape index (κ3) is 4.05. The maximum absolute atomic E-state index is 11.8. The van der Waals surface area contributed by atoms with Crippen LogP contribution in [0.5, 0.6) is 0 Å². The molecule has 0 unspecified atom stereocenters. The lowest BCUT2D eigenvalue weighted by Gasteiger charge is -2.07. The van der Waals surface area contributed by atoms with E-state index in [0.29, 0.717) is 11.1 Å². The molecule has 2 rings (SSSR count). The summed E-state index contributed by atoms with van der Waals surface area (Å²) in [6.45, 7) is 1.65. The lowest BCUT2D eigenvalue weighted by Crippen LogP contribution is -2.24. The maximum Gasteiger partial charge on any atom is 0.275 e. The molecule has 0 aliphatic heterocycles. The molecule has 114 valence electrons. The van der Waals surface area contributed by atoms with Crippen molar-refractivity contribution >= 4 is 17.9 Å². The normalized spacial score (nSPS) is 10.7. The van der Waals surface area contributed by atoms with Crippen molar-refractivity contribution in [1.29, 1.82) is 5.26 Å². The first kappa shape index (κ1) is 16.0. The molecular formula is C18H16N4O. The molecule has 2 aromatic rings. The van der Waals surface area contributed by atoms with Gasteiger partial charge in [0.05, 0.1) is 11.6 Å². The second-order valence-electron chi connectivity index (χ2n) is 4.95. The minimum atomic E-state index is -0.481. The molecule has 5 nitrogen and oxygen atoms in total. The van der Waals surface area contributed by atoms with Gasteiger partial charge in [0.2, 0.25) is 0 Å². The fourth-order valence-corrected chi connectivity index (χ4v) is 2.14. The number of nitrogens with two attached hydrogens (primary N) is 2. The van der Waals surface area contributed by atoms with Gasteiger partial charge in [0.25, 0.3) is 5.91 Å². The highest BCUT2D eigenvalue weighted by Crippen LogP contribution is 2.26. The molecule has 0 aromatic heterocycles. The molecule has 0 saturated carbocycles. The van der Waals surface area contributed by atoms with E-state index in [0.717, 1.165) is 16.7 Å². The smallest absolute Gasteiger partial charge is 0.275 e. The molecule has 0 heterocycles. The van der Waals surface area contributed by atoms with Crippen LogP contribution >= 0.6 is 0 Å². The Bertz CT molecular complexity index is 840. The van der Waals surface area contributed by atoms with Crippen molar-refractivity contribution in [1.82, 2.24) is 0 Å². The molecule has 0 radical (unpaired) electrons. The largest absolute Gasteiger partial charge is 0.370 e. The molecule has 5 heteroatoms. The predicted octanol–water partition coefficient (Wildman–Crippen LogP) is 2.43. The van der Waals surface area contributed by atoms with Crippen molar-refractivity contribution in [2.24, 2.45) is 16.5 Å². The molecule has 4 N–H and O–H groups in total. The zero-order chi connectivity index (χ0) is 16.8. The highest BCUT2D eigenvalue weighted by molar-refractivity contribution is 6.04. The molecule has 2 aromatic carbocycles. The number of hydrogen-bond acceptors (Lipinski definition) is 2. The maximum atomic E-state index is 11.8. The third-order valence-corrected chi connectivity index (χ3v) is 3.20. The lowest BCUT2D eigenvalue weighted by molar-refractivity contribution is -0.114. The Morgan fingerprint density at radius 2 is 1.91 bits per heavy atom. The van der Waals surface area contributed by atoms with Gasteiger partial charge in [0.15, 0.2) is 5.96 Å². The van der Waals surface area contributed by atoms with E-state index in [1.165, 1.54) is 0 Å². The summed E-state index contributed by atoms with van der Waals surface area (Å²) in [6.07, 6.45) is 1.73. The van der Waals surface area contributed by atoms with E-state index in [2.05, 4.69) is 11.1 Å². The number of hydrogen-bond donors (Lipinski definition) is 2. The van der Waals surface area contributed by atoms with Crippen LogP contribution < -0.4 is 11.5 Å². The first-order chi connectivity index (χ1) is 11.0. The Kier molecular flexibility index (Phi) is 4.90. The number of carbonyl (C=O) groups excluding carboxylic acids is 1. The first-order valence-corrected chi connectivity index (χ1v) is 6.93. The molecule has 0 fully saturated rings. The monoisotopic (exact) mass is 304 g/mol. The summed E-state index contributed by atoms with van der Waals surface area (Å²) in [5.41, 5.74) is 14.1. The van der Waals surface area contributed by atoms with E-state index in [9.17, 15) is 4.79 Å². The standard InChI is InChI=1S/C18H16N4O/c1-12(17(23)22-18(20)21)9-14-6-2-3-8-16(14)15-7-4-5-13(10-15)11-19/h2-10H,1H3,(H4,20,21,22,23). The quantitative estimate of drug-likeness (QED) is 0.516. The van der Waals surface area contributed by atoms with Crippen LogP contribution in [0.4, 0.5) is 0 Å². The predicted molar refractivity (Wildman–Crippen MR) is 91.1 cm³/mol. The van der Waals surface area contributed by atoms with E-state index >= 15 is 0 Å². The molecule has 0 saturated heterocycles. The van der Waals surface area contributed by atoms with Crippen LogP contribution in [0.2, 0.25) is 0 Å². The average molecular weight is 304 g/mol. The summed E-state index contributed by atoms with van der Waals surface area (Å²) in [5.74, 6) is -0.747. The van der Waals surface area contributed by atoms with Crippen LogP contribution in [-0.4, -0.2) is 11.9 Å². The van der Waals surface area contributed by atoms with Gasteiger partial charge in [-0.05, 0) is 41.8 Å². The van der Waals surface area contributed by atoms with Crippen LogP contribution in [0.3, 0.4) is 0 Å². The number of nitrogens with zero attached hydrogens (tertiary/aromatic N) is 2. The van der Waals surface area contributed by atoms with E-state index in [1.807, 2.05) is 36.4 Å². The van der Waals surface area contributed by atoms with E-state index in [-0.39, 0.29) is 5.96 Å². The van der Waals surface area contributed by atoms with Crippen LogP contribution in [0.15, 0.2) is 59.1 Å². The lowest BCUT2D eigenvalue weighted by atomic mass is 9.97. The van der Waals surface area contributed by atoms with Crippen molar-refractivity contribution in [2.45, 2.75) is 6.92 Å². The highest BCUT2D eigenvalue weighted by atomic mass is 16.1. The van der Waals surface area contributed by atoms with Crippen LogP contribution in [0.25, 0.3) is 17.2 Å². The minimum absolute atomic E-state index is 0.266. The SMILES string of the molecule is CC(=Cc1ccccc1-c1cccc(C#N)c1)C(=O)N=C(N)N. The summed E-state index contributed by atoms with van der Waals surface area (Å²) < 4.78 is 0. The molecule has 0 aliphatic rings. The Labute approximate surface area is 134 Å². The average Bonchev–Trinajstić information content (AvgIpc) is 2.54. The Morgan fingerprint density at radius 3 is 2.61 bits per heavy atom. The molecule has 0 aliphatic carbocycles. The third-order valence-electron chi connectivity index (χ3n) is 3.20. The van der Waals surface area contributed by atoms with Gasteiger partial charge in [-0.15, -0.1) is 0 Å². The fourth-order valence-electron chi connectivity index (χ4n) is 2.14. The molecule has 0 atom stereocenters. The van der Waals surface area contributed by atoms with Gasteiger partial charge in [0.1, 0.15) is 0 Å². The summed E-state index contributed by atoms with van der Waals surface area (Å²) in [6, 6.07) is 17.0. The van der Waals surface area contributed by atoms with Crippen molar-refractivity contribution in [3.63, 3.8) is 0 Å². The molecular weight excluding hydrogens is 288 g/mol. The van der Waals surface area contributed by atoms with Gasteiger partial charge in [-0.3, -0.25) is 4.79 Å². The molecule has 0 spiro atoms. The number of benzene rings is 2. The molecule has 23 heavy (non-hydrogen) atoms. The van der Waals surface area contributed by atoms with Crippen molar-refractivity contribution < 1.29 is 4.79 Å². The topological polar surface area (TPSA) is 105 Å². The van der Waals surface area contributed by atoms with Gasteiger partial charge in [0, 0.05) is 5.57 Å². The summed E-state index contributed by atoms with van der Waals surface area (Å²) in [5, 5.41) is 9.04. The first-order valence-electron chi connectivity index (χ1n) is 6.93. The van der Waals surface area contributed by atoms with Gasteiger partial charge in [-0.2, -0.15) is 10.3 Å². The second-order valence-corrected chi connectivity index (χ2v) is 4.95. The highest BCUT2D eigenvalue weighted by Gasteiger charge is 2.07. The number of amides is 1. The van der Waals surface area contributed by atoms with Crippen LogP contribution in [0, 0.1) is 11.3 Å². The number of aliphatic imine (C=N–C) groups is 1. The summed E-state index contributed by atoms with van der Waals surface area (Å²) >= 11 is 0. The zero-order valence-electron chi connectivity index (χ0n) is 12.7. The van der Waals surface area contributed by atoms with Gasteiger partial charge in [-0.25, -0.2) is 0 Å².